The summed E-state index contributed by atoms with van der Waals surface area (Å²) in [5, 5.41) is 0. The quantitative estimate of drug-likeness (QED) is 0.575. The monoisotopic (exact) mass is 245 g/mol. The first-order valence-corrected chi connectivity index (χ1v) is 10.2. The predicted octanol–water partition coefficient (Wildman–Crippen LogP) is 2.11. The van der Waals surface area contributed by atoms with Gasteiger partial charge < -0.3 is 0 Å². The Labute approximate surface area is 47.7 Å². The molecule has 0 spiro atoms. The Balaban J connectivity index is 0. The minimum Gasteiger partial charge on any atom is 0 e. The molecule has 0 aliphatic rings. The molecule has 33 valence electrons. The van der Waals surface area contributed by atoms with E-state index >= 15 is 0 Å². The molecule has 5 heteroatoms. The zero-order chi connectivity index (χ0) is 3.58. The van der Waals surface area contributed by atoms with E-state index in [1.165, 1.54) is 0 Å². The number of halogens is 4. The van der Waals surface area contributed by atoms with E-state index in [-0.39, 0.29) is 4.70 Å². The topological polar surface area (TPSA) is 0 Å². The first kappa shape index (κ1) is 9.79. The van der Waals surface area contributed by atoms with Gasteiger partial charge in [-0.1, -0.05) is 0 Å². The molecule has 0 N–H and O–H groups in total. The normalized spacial score (nSPS) is 7.20. The Bertz CT molecular complexity index is 11.6. The second-order valence-corrected chi connectivity index (χ2v) is 11.6. The summed E-state index contributed by atoms with van der Waals surface area (Å²) in [6.07, 6.45) is 0. The molecule has 0 rings (SSSR count). The van der Waals surface area contributed by atoms with Crippen molar-refractivity contribution in [2.24, 2.45) is 0 Å². The van der Waals surface area contributed by atoms with Gasteiger partial charge in [0.15, 0.2) is 0 Å². The number of rotatable bonds is 0. The molecule has 0 amide bonds. The fourth-order valence-corrected chi connectivity index (χ4v) is 0. The Kier molecular flexibility index (Phi) is 11.0. The van der Waals surface area contributed by atoms with Gasteiger partial charge in [0.25, 0.3) is 0 Å². The maximum absolute atomic E-state index is 4.99. The van der Waals surface area contributed by atoms with Crippen LogP contribution in [0.1, 0.15) is 0 Å². The molecule has 0 saturated heterocycles. The SMILES string of the molecule is [Cl][Sb]([Cl])[Cl].[F]. The Hall–Kier alpha value is 1.62. The van der Waals surface area contributed by atoms with Crippen LogP contribution < -0.4 is 0 Å². The molecular formula is Cl3FSb. The third-order valence-corrected chi connectivity index (χ3v) is 0. The summed E-state index contributed by atoms with van der Waals surface area (Å²) in [6.45, 7) is 0. The second kappa shape index (κ2) is 5.62. The molecule has 0 aromatic heterocycles. The molecule has 0 aromatic carbocycles. The van der Waals surface area contributed by atoms with E-state index in [1.54, 1.807) is 0 Å². The summed E-state index contributed by atoms with van der Waals surface area (Å²) in [5.74, 6) is 0. The van der Waals surface area contributed by atoms with E-state index in [1.807, 2.05) is 0 Å². The van der Waals surface area contributed by atoms with E-state index in [4.69, 9.17) is 26.5 Å². The van der Waals surface area contributed by atoms with E-state index in [0.29, 0.717) is 0 Å². The van der Waals surface area contributed by atoms with Crippen molar-refractivity contribution in [3.63, 3.8) is 0 Å². The van der Waals surface area contributed by atoms with Gasteiger partial charge in [0.2, 0.25) is 0 Å². The second-order valence-electron chi connectivity index (χ2n) is 0.192. The summed E-state index contributed by atoms with van der Waals surface area (Å²) < 4.78 is 0. The van der Waals surface area contributed by atoms with Crippen molar-refractivity contribution in [2.75, 3.05) is 0 Å². The van der Waals surface area contributed by atoms with Crippen LogP contribution >= 0.6 is 26.5 Å². The van der Waals surface area contributed by atoms with Crippen molar-refractivity contribution < 1.29 is 4.70 Å². The van der Waals surface area contributed by atoms with Crippen LogP contribution in [0.2, 0.25) is 0 Å². The third kappa shape index (κ3) is 28.1. The smallest absolute Gasteiger partial charge is 0 e. The van der Waals surface area contributed by atoms with Crippen LogP contribution in [0.5, 0.6) is 0 Å². The molecule has 0 nitrogen and oxygen atoms in total. The fourth-order valence-electron chi connectivity index (χ4n) is 0. The van der Waals surface area contributed by atoms with E-state index < -0.39 is 16.8 Å². The van der Waals surface area contributed by atoms with Gasteiger partial charge in [-0.3, -0.25) is 0 Å². The Morgan fingerprint density at radius 2 is 1.00 bits per heavy atom. The standard InChI is InChI=1S/3ClH.F.Sb/h3*1H;;/q;;;;+3/p-3. The van der Waals surface area contributed by atoms with Crippen LogP contribution in [0.15, 0.2) is 0 Å². The molecule has 0 unspecified atom stereocenters. The molecule has 0 saturated carbocycles. The van der Waals surface area contributed by atoms with E-state index in [0.717, 1.165) is 0 Å². The molecule has 0 aliphatic heterocycles. The first-order valence-electron chi connectivity index (χ1n) is 0.507. The van der Waals surface area contributed by atoms with Gasteiger partial charge in [-0.25, -0.2) is 0 Å². The predicted molar refractivity (Wildman–Crippen MR) is 24.4 cm³/mol. The maximum Gasteiger partial charge on any atom is 0 e. The molecule has 0 heterocycles. The van der Waals surface area contributed by atoms with Crippen molar-refractivity contribution in [3.8, 4) is 0 Å². The molecule has 1 radical (unpaired) electrons. The Morgan fingerprint density at radius 1 is 1.00 bits per heavy atom. The number of hydrogen-bond donors (Lipinski definition) is 0. The molecule has 5 heavy (non-hydrogen) atoms. The van der Waals surface area contributed by atoms with Gasteiger partial charge >= 0.3 is 43.3 Å². The maximum atomic E-state index is 4.99. The van der Waals surface area contributed by atoms with Gasteiger partial charge in [0.1, 0.15) is 0 Å². The van der Waals surface area contributed by atoms with Crippen LogP contribution in [-0.2, 0) is 0 Å². The minimum absolute atomic E-state index is 0. The van der Waals surface area contributed by atoms with Crippen LogP contribution in [-0.4, -0.2) is 16.8 Å². The van der Waals surface area contributed by atoms with Crippen molar-refractivity contribution in [1.29, 1.82) is 0 Å². The van der Waals surface area contributed by atoms with Gasteiger partial charge in [-0.05, 0) is 0 Å². The van der Waals surface area contributed by atoms with Gasteiger partial charge in [0.05, 0.1) is 0 Å². The largest absolute Gasteiger partial charge is 0 e. The summed E-state index contributed by atoms with van der Waals surface area (Å²) in [6, 6.07) is 0. The molecule has 0 atom stereocenters. The Morgan fingerprint density at radius 3 is 1.00 bits per heavy atom. The summed E-state index contributed by atoms with van der Waals surface area (Å²) >= 11 is -2.03. The van der Waals surface area contributed by atoms with Crippen molar-refractivity contribution in [1.82, 2.24) is 0 Å². The summed E-state index contributed by atoms with van der Waals surface area (Å²) in [4.78, 5) is 0. The molecule has 0 fully saturated rings. The third-order valence-electron chi connectivity index (χ3n) is 0. The molecule has 0 aromatic rings. The van der Waals surface area contributed by atoms with Crippen LogP contribution in [0, 0.1) is 0 Å². The molecular weight excluding hydrogens is 247 g/mol. The zero-order valence-corrected chi connectivity index (χ0v) is 6.78. The molecule has 0 bridgehead atoms. The van der Waals surface area contributed by atoms with E-state index in [9.17, 15) is 0 Å². The van der Waals surface area contributed by atoms with Crippen molar-refractivity contribution in [2.45, 2.75) is 0 Å². The van der Waals surface area contributed by atoms with Crippen molar-refractivity contribution >= 4 is 43.3 Å². The summed E-state index contributed by atoms with van der Waals surface area (Å²) in [7, 11) is 15.0. The van der Waals surface area contributed by atoms with Gasteiger partial charge in [-0.2, -0.15) is 0 Å². The average Bonchev–Trinajstić information content (AvgIpc) is 0.811. The molecule has 0 aliphatic carbocycles. The average molecular weight is 247 g/mol. The van der Waals surface area contributed by atoms with Crippen LogP contribution in [0.3, 0.4) is 0 Å². The van der Waals surface area contributed by atoms with Crippen LogP contribution in [0.25, 0.3) is 0 Å². The van der Waals surface area contributed by atoms with E-state index in [2.05, 4.69) is 0 Å². The zero-order valence-electron chi connectivity index (χ0n) is 1.96. The summed E-state index contributed by atoms with van der Waals surface area (Å²) in [5.41, 5.74) is 0. The van der Waals surface area contributed by atoms with Gasteiger partial charge in [-0.15, -0.1) is 0 Å². The van der Waals surface area contributed by atoms with Crippen LogP contribution in [0.4, 0.5) is 4.70 Å². The van der Waals surface area contributed by atoms with Gasteiger partial charge in [0, 0.05) is 4.70 Å². The number of hydrogen-bond acceptors (Lipinski definition) is 0. The first-order chi connectivity index (χ1) is 1.73. The minimum atomic E-state index is -2.03. The van der Waals surface area contributed by atoms with Crippen molar-refractivity contribution in [3.05, 3.63) is 0 Å². The fraction of sp³-hybridized carbons (Fsp3) is 0.